The third-order valence-electron chi connectivity index (χ3n) is 3.79. The van der Waals surface area contributed by atoms with Gasteiger partial charge in [-0.05, 0) is 25.2 Å². The molecule has 0 unspecified atom stereocenters. The van der Waals surface area contributed by atoms with E-state index in [4.69, 9.17) is 9.47 Å². The molecule has 1 fully saturated rings. The lowest BCUT2D eigenvalue weighted by atomic mass is 9.68. The highest BCUT2D eigenvalue weighted by atomic mass is 16.5. The van der Waals surface area contributed by atoms with E-state index < -0.39 is 23.5 Å². The van der Waals surface area contributed by atoms with E-state index in [9.17, 15) is 14.7 Å². The number of aliphatic hydroxyl groups excluding tert-OH is 1. The molecule has 0 heterocycles. The van der Waals surface area contributed by atoms with Crippen LogP contribution >= 0.6 is 0 Å². The Morgan fingerprint density at radius 1 is 1.25 bits per heavy atom. The zero-order valence-electron chi connectivity index (χ0n) is 12.4. The van der Waals surface area contributed by atoms with Gasteiger partial charge in [0, 0.05) is 6.42 Å². The Morgan fingerprint density at radius 2 is 1.85 bits per heavy atom. The number of hydrogen-bond donors (Lipinski definition) is 1. The Morgan fingerprint density at radius 3 is 2.35 bits per heavy atom. The number of unbranched alkanes of at least 4 members (excludes halogenated alkanes) is 1. The largest absolute Gasteiger partial charge is 0.468 e. The highest BCUT2D eigenvalue weighted by Crippen LogP contribution is 2.42. The molecule has 0 saturated heterocycles. The van der Waals surface area contributed by atoms with Crippen LogP contribution in [-0.2, 0) is 19.1 Å². The third-order valence-corrected chi connectivity index (χ3v) is 3.79. The summed E-state index contributed by atoms with van der Waals surface area (Å²) in [4.78, 5) is 24.1. The monoisotopic (exact) mass is 284 g/mol. The molecule has 1 saturated carbocycles. The van der Waals surface area contributed by atoms with E-state index >= 15 is 0 Å². The van der Waals surface area contributed by atoms with Crippen LogP contribution in [-0.4, -0.2) is 37.4 Å². The molecule has 0 aliphatic heterocycles. The van der Waals surface area contributed by atoms with Crippen LogP contribution in [0.1, 0.15) is 39.0 Å². The molecule has 1 aliphatic rings. The van der Waals surface area contributed by atoms with Crippen LogP contribution in [0, 0.1) is 11.3 Å². The van der Waals surface area contributed by atoms with Crippen molar-refractivity contribution in [2.24, 2.45) is 11.3 Å². The summed E-state index contributed by atoms with van der Waals surface area (Å²) in [5, 5.41) is 10.0. The van der Waals surface area contributed by atoms with Gasteiger partial charge in [0.2, 0.25) is 0 Å². The predicted octanol–water partition coefficient (Wildman–Crippen LogP) is 1.84. The van der Waals surface area contributed by atoms with Crippen molar-refractivity contribution in [3.63, 3.8) is 0 Å². The van der Waals surface area contributed by atoms with E-state index in [2.05, 4.69) is 6.92 Å². The standard InChI is InChI=1S/C15H24O5/c1-4-5-6-7-11-8-12(16)10-15(9-11,13(17)19-2)14(18)20-3/h6-7,11-12,16H,4-5,8-10H2,1-3H3/b7-6+/t11-,12-/m0/s1. The summed E-state index contributed by atoms with van der Waals surface area (Å²) in [6.45, 7) is 2.08. The van der Waals surface area contributed by atoms with Gasteiger partial charge in [-0.15, -0.1) is 0 Å². The van der Waals surface area contributed by atoms with Crippen LogP contribution in [0.4, 0.5) is 0 Å². The minimum Gasteiger partial charge on any atom is -0.468 e. The summed E-state index contributed by atoms with van der Waals surface area (Å²) in [7, 11) is 2.49. The molecule has 0 aromatic carbocycles. The van der Waals surface area contributed by atoms with Gasteiger partial charge in [-0.1, -0.05) is 25.5 Å². The molecule has 0 aromatic rings. The first kappa shape index (κ1) is 16.7. The fourth-order valence-corrected chi connectivity index (χ4v) is 2.86. The lowest BCUT2D eigenvalue weighted by Crippen LogP contribution is -2.48. The lowest BCUT2D eigenvalue weighted by Gasteiger charge is -2.37. The molecule has 1 N–H and O–H groups in total. The number of rotatable bonds is 5. The topological polar surface area (TPSA) is 72.8 Å². The third kappa shape index (κ3) is 3.60. The Hall–Kier alpha value is -1.36. The zero-order chi connectivity index (χ0) is 15.2. The van der Waals surface area contributed by atoms with E-state index in [-0.39, 0.29) is 12.3 Å². The van der Waals surface area contributed by atoms with Gasteiger partial charge in [-0.25, -0.2) is 0 Å². The number of allylic oxidation sites excluding steroid dienone is 2. The summed E-state index contributed by atoms with van der Waals surface area (Å²) in [5.74, 6) is -1.28. The maximum Gasteiger partial charge on any atom is 0.323 e. The first-order valence-corrected chi connectivity index (χ1v) is 7.01. The summed E-state index contributed by atoms with van der Waals surface area (Å²) in [6.07, 6.45) is 6.21. The van der Waals surface area contributed by atoms with E-state index in [0.29, 0.717) is 12.8 Å². The number of esters is 2. The van der Waals surface area contributed by atoms with Crippen LogP contribution in [0.5, 0.6) is 0 Å². The number of carbonyl (C=O) groups is 2. The lowest BCUT2D eigenvalue weighted by molar-refractivity contribution is -0.176. The molecule has 0 radical (unpaired) electrons. The first-order valence-electron chi connectivity index (χ1n) is 7.01. The predicted molar refractivity (Wildman–Crippen MR) is 73.9 cm³/mol. The number of ether oxygens (including phenoxy) is 2. The maximum absolute atomic E-state index is 12.1. The van der Waals surface area contributed by atoms with Gasteiger partial charge < -0.3 is 14.6 Å². The molecule has 1 rings (SSSR count). The zero-order valence-corrected chi connectivity index (χ0v) is 12.4. The molecule has 0 amide bonds. The summed E-state index contributed by atoms with van der Waals surface area (Å²) in [6, 6.07) is 0. The van der Waals surface area contributed by atoms with Gasteiger partial charge >= 0.3 is 11.9 Å². The molecule has 2 atom stereocenters. The normalized spacial score (nSPS) is 25.4. The van der Waals surface area contributed by atoms with E-state index in [1.807, 2.05) is 12.2 Å². The Labute approximate surface area is 119 Å². The van der Waals surface area contributed by atoms with E-state index in [1.54, 1.807) is 0 Å². The van der Waals surface area contributed by atoms with Crippen LogP contribution in [0.15, 0.2) is 12.2 Å². The van der Waals surface area contributed by atoms with Crippen molar-refractivity contribution >= 4 is 11.9 Å². The SMILES string of the molecule is CCC/C=C/[C@H]1C[C@H](O)CC(C(=O)OC)(C(=O)OC)C1. The van der Waals surface area contributed by atoms with E-state index in [1.165, 1.54) is 14.2 Å². The van der Waals surface area contributed by atoms with Crippen molar-refractivity contribution in [3.8, 4) is 0 Å². The highest BCUT2D eigenvalue weighted by molar-refractivity contribution is 6.00. The van der Waals surface area contributed by atoms with Crippen molar-refractivity contribution in [2.45, 2.75) is 45.1 Å². The van der Waals surface area contributed by atoms with Crippen LogP contribution in [0.25, 0.3) is 0 Å². The van der Waals surface area contributed by atoms with Gasteiger partial charge in [0.25, 0.3) is 0 Å². The number of methoxy groups -OCH3 is 2. The molecule has 0 bridgehead atoms. The minimum absolute atomic E-state index is 0.0245. The Bertz CT molecular complexity index is 358. The number of hydrogen-bond acceptors (Lipinski definition) is 5. The molecule has 0 aromatic heterocycles. The Balaban J connectivity index is 2.98. The Kier molecular flexibility index (Phi) is 6.20. The second kappa shape index (κ2) is 7.43. The average molecular weight is 284 g/mol. The first-order chi connectivity index (χ1) is 9.50. The summed E-state index contributed by atoms with van der Waals surface area (Å²) >= 11 is 0. The maximum atomic E-state index is 12.1. The van der Waals surface area contributed by atoms with Crippen LogP contribution < -0.4 is 0 Å². The molecule has 114 valence electrons. The van der Waals surface area contributed by atoms with Gasteiger partial charge in [-0.2, -0.15) is 0 Å². The average Bonchev–Trinajstić information content (AvgIpc) is 2.45. The second-order valence-corrected chi connectivity index (χ2v) is 5.34. The molecule has 5 nitrogen and oxygen atoms in total. The molecule has 1 aliphatic carbocycles. The number of aliphatic hydroxyl groups is 1. The fourth-order valence-electron chi connectivity index (χ4n) is 2.86. The van der Waals surface area contributed by atoms with Crippen molar-refractivity contribution in [1.82, 2.24) is 0 Å². The minimum atomic E-state index is -1.39. The molecule has 0 spiro atoms. The number of carbonyl (C=O) groups excluding carboxylic acids is 2. The molecule has 20 heavy (non-hydrogen) atoms. The smallest absolute Gasteiger partial charge is 0.323 e. The molecule has 5 heteroatoms. The highest BCUT2D eigenvalue weighted by Gasteiger charge is 2.53. The van der Waals surface area contributed by atoms with Crippen molar-refractivity contribution in [2.75, 3.05) is 14.2 Å². The van der Waals surface area contributed by atoms with Crippen molar-refractivity contribution < 1.29 is 24.2 Å². The van der Waals surface area contributed by atoms with Gasteiger partial charge in [0.1, 0.15) is 0 Å². The molecular weight excluding hydrogens is 260 g/mol. The molecular formula is C15H24O5. The van der Waals surface area contributed by atoms with Gasteiger partial charge in [0.05, 0.1) is 20.3 Å². The summed E-state index contributed by atoms with van der Waals surface area (Å²) in [5.41, 5.74) is -1.39. The van der Waals surface area contributed by atoms with Crippen LogP contribution in [0.3, 0.4) is 0 Å². The van der Waals surface area contributed by atoms with Crippen molar-refractivity contribution in [3.05, 3.63) is 12.2 Å². The fraction of sp³-hybridized carbons (Fsp3) is 0.733. The van der Waals surface area contributed by atoms with Gasteiger partial charge in [-0.3, -0.25) is 9.59 Å². The quantitative estimate of drug-likeness (QED) is 0.474. The van der Waals surface area contributed by atoms with Crippen molar-refractivity contribution in [1.29, 1.82) is 0 Å². The van der Waals surface area contributed by atoms with E-state index in [0.717, 1.165) is 12.8 Å². The van der Waals surface area contributed by atoms with Crippen LogP contribution in [0.2, 0.25) is 0 Å². The summed E-state index contributed by atoms with van der Waals surface area (Å²) < 4.78 is 9.53. The van der Waals surface area contributed by atoms with Gasteiger partial charge in [0.15, 0.2) is 5.41 Å². The second-order valence-electron chi connectivity index (χ2n) is 5.34.